The van der Waals surface area contributed by atoms with E-state index in [1.807, 2.05) is 22.8 Å². The summed E-state index contributed by atoms with van der Waals surface area (Å²) < 4.78 is 7.16. The first-order valence-electron chi connectivity index (χ1n) is 8.97. The molecular formula is C19H25N4O3S+. The number of imide groups is 1. The predicted molar refractivity (Wildman–Crippen MR) is 106 cm³/mol. The fourth-order valence-corrected chi connectivity index (χ4v) is 4.18. The monoisotopic (exact) mass is 389 g/mol. The molecule has 0 aliphatic carbocycles. The molecule has 3 rings (SSSR count). The Hall–Kier alpha value is -2.19. The van der Waals surface area contributed by atoms with E-state index in [2.05, 4.69) is 17.1 Å². The van der Waals surface area contributed by atoms with Crippen LogP contribution in [0.3, 0.4) is 0 Å². The molecule has 27 heavy (non-hydrogen) atoms. The van der Waals surface area contributed by atoms with E-state index in [-0.39, 0.29) is 11.9 Å². The summed E-state index contributed by atoms with van der Waals surface area (Å²) in [6, 6.07) is 9.41. The van der Waals surface area contributed by atoms with Crippen LogP contribution in [0.1, 0.15) is 12.0 Å². The molecule has 1 unspecified atom stereocenters. The number of rotatable bonds is 7. The summed E-state index contributed by atoms with van der Waals surface area (Å²) in [7, 11) is 4.85. The Labute approximate surface area is 163 Å². The predicted octanol–water partition coefficient (Wildman–Crippen LogP) is 1.67. The molecular weight excluding hydrogens is 364 g/mol. The number of aryl methyl sites for hydroxylation is 1. The third kappa shape index (κ3) is 4.06. The molecule has 0 saturated carbocycles. The summed E-state index contributed by atoms with van der Waals surface area (Å²) in [6.07, 6.45) is 1.82. The highest BCUT2D eigenvalue weighted by molar-refractivity contribution is 8.13. The van der Waals surface area contributed by atoms with Crippen molar-refractivity contribution in [1.82, 2.24) is 9.80 Å². The Morgan fingerprint density at radius 3 is 2.63 bits per heavy atom. The van der Waals surface area contributed by atoms with Crippen LogP contribution in [0.4, 0.5) is 4.79 Å². The molecule has 1 aromatic rings. The molecule has 1 atom stereocenters. The van der Waals surface area contributed by atoms with Crippen molar-refractivity contribution in [1.29, 1.82) is 0 Å². The Balaban J connectivity index is 1.79. The third-order valence-electron chi connectivity index (χ3n) is 4.72. The summed E-state index contributed by atoms with van der Waals surface area (Å²) in [6.45, 7) is 1.30. The lowest BCUT2D eigenvalue weighted by atomic mass is 10.1. The van der Waals surface area contributed by atoms with Gasteiger partial charge in [0.25, 0.3) is 17.8 Å². The summed E-state index contributed by atoms with van der Waals surface area (Å²) in [5, 5.41) is 0.781. The number of amides is 3. The molecule has 1 saturated heterocycles. The topological polar surface area (TPSA) is 65.2 Å². The van der Waals surface area contributed by atoms with Crippen molar-refractivity contribution in [2.75, 3.05) is 40.1 Å². The lowest BCUT2D eigenvalue weighted by Crippen LogP contribution is -2.61. The summed E-state index contributed by atoms with van der Waals surface area (Å²) in [4.78, 5) is 32.3. The Bertz CT molecular complexity index is 778. The number of aliphatic imine (C=N–C) groups is 1. The van der Waals surface area contributed by atoms with E-state index >= 15 is 0 Å². The highest BCUT2D eigenvalue weighted by Gasteiger charge is 2.52. The lowest BCUT2D eigenvalue weighted by Gasteiger charge is -2.30. The van der Waals surface area contributed by atoms with Crippen LogP contribution in [0.25, 0.3) is 0 Å². The average molecular weight is 390 g/mol. The molecule has 0 bridgehead atoms. The smallest absolute Gasteiger partial charge is 0.357 e. The van der Waals surface area contributed by atoms with E-state index in [0.29, 0.717) is 19.0 Å². The molecule has 0 aromatic heterocycles. The maximum Gasteiger partial charge on any atom is 0.357 e. The molecule has 2 aliphatic heterocycles. The zero-order valence-corrected chi connectivity index (χ0v) is 16.7. The number of hydrogen-bond donors (Lipinski definition) is 0. The number of methoxy groups -OCH3 is 1. The van der Waals surface area contributed by atoms with Gasteiger partial charge in [0, 0.05) is 27.0 Å². The van der Waals surface area contributed by atoms with Gasteiger partial charge in [-0.1, -0.05) is 30.3 Å². The zero-order chi connectivity index (χ0) is 19.4. The van der Waals surface area contributed by atoms with Gasteiger partial charge in [0.1, 0.15) is 0 Å². The van der Waals surface area contributed by atoms with Crippen molar-refractivity contribution < 1.29 is 18.9 Å². The number of nitrogens with zero attached hydrogens (tertiary/aromatic N) is 4. The van der Waals surface area contributed by atoms with Gasteiger partial charge in [0.2, 0.25) is 0 Å². The normalized spacial score (nSPS) is 19.7. The molecule has 2 heterocycles. The Morgan fingerprint density at radius 2 is 1.93 bits per heavy atom. The van der Waals surface area contributed by atoms with Gasteiger partial charge in [-0.25, -0.2) is 9.37 Å². The second kappa shape index (κ2) is 8.67. The van der Waals surface area contributed by atoms with E-state index in [4.69, 9.17) is 4.74 Å². The van der Waals surface area contributed by atoms with E-state index in [1.165, 1.54) is 22.4 Å². The van der Waals surface area contributed by atoms with Crippen LogP contribution in [-0.2, 0) is 16.0 Å². The van der Waals surface area contributed by atoms with Crippen molar-refractivity contribution >= 4 is 34.7 Å². The summed E-state index contributed by atoms with van der Waals surface area (Å²) >= 11 is 1.56. The van der Waals surface area contributed by atoms with Crippen LogP contribution >= 0.6 is 11.8 Å². The van der Waals surface area contributed by atoms with E-state index in [9.17, 15) is 9.59 Å². The van der Waals surface area contributed by atoms with Crippen molar-refractivity contribution in [3.63, 3.8) is 0 Å². The molecule has 1 aromatic carbocycles. The Morgan fingerprint density at radius 1 is 1.19 bits per heavy atom. The van der Waals surface area contributed by atoms with Gasteiger partial charge < -0.3 is 4.74 Å². The molecule has 0 spiro atoms. The highest BCUT2D eigenvalue weighted by Crippen LogP contribution is 2.23. The number of fused-ring (bicyclic) bond motifs is 1. The molecule has 2 aliphatic rings. The van der Waals surface area contributed by atoms with E-state index in [1.54, 1.807) is 25.9 Å². The van der Waals surface area contributed by atoms with Gasteiger partial charge in [0.05, 0.1) is 13.2 Å². The number of amidine groups is 2. The number of hydrogen-bond acceptors (Lipinski definition) is 5. The van der Waals surface area contributed by atoms with Gasteiger partial charge in [-0.05, 0) is 35.2 Å². The minimum atomic E-state index is -0.529. The maximum atomic E-state index is 12.8. The number of urea groups is 1. The zero-order valence-electron chi connectivity index (χ0n) is 15.9. The number of ether oxygens (including phenoxy) is 1. The number of carbonyl (C=O) groups excluding carboxylic acids is 2. The van der Waals surface area contributed by atoms with Gasteiger partial charge in [-0.2, -0.15) is 0 Å². The fourth-order valence-electron chi connectivity index (χ4n) is 3.23. The molecule has 8 heteroatoms. The number of likely N-dealkylation sites (N-methyl/N-ethyl adjacent to an activating group) is 2. The summed E-state index contributed by atoms with van der Waals surface area (Å²) in [5.41, 5.74) is 1.27. The number of carbonyl (C=O) groups is 2. The largest absolute Gasteiger partial charge is 0.384 e. The van der Waals surface area contributed by atoms with Crippen LogP contribution in [0.15, 0.2) is 35.3 Å². The highest BCUT2D eigenvalue weighted by atomic mass is 32.2. The first kappa shape index (κ1) is 19.6. The standard InChI is InChI=1S/C19H25N4O3S/c1-21-16-15(17(24)22(2)19(21)25)23(18(20-16)27-13-12-26-3)11-7-10-14-8-5-4-6-9-14/h4-6,8-9,15H,7,10-13H2,1-3H3/q+1. The molecule has 0 N–H and O–H groups in total. The van der Waals surface area contributed by atoms with Crippen molar-refractivity contribution in [2.24, 2.45) is 4.99 Å². The molecule has 3 amide bonds. The number of thioether (sulfide) groups is 1. The minimum absolute atomic E-state index is 0.223. The van der Waals surface area contributed by atoms with Crippen LogP contribution in [0.2, 0.25) is 0 Å². The van der Waals surface area contributed by atoms with Crippen LogP contribution in [0.5, 0.6) is 0 Å². The third-order valence-corrected chi connectivity index (χ3v) is 5.67. The maximum absolute atomic E-state index is 12.8. The summed E-state index contributed by atoms with van der Waals surface area (Å²) in [5.74, 6) is 1.04. The quantitative estimate of drug-likeness (QED) is 0.526. The lowest BCUT2D eigenvalue weighted by molar-refractivity contribution is -0.533. The molecule has 144 valence electrons. The SMILES string of the molecule is COCCSC1=[N+](CCCc2ccccc2)C2C(=O)N(C)C(=O)N(C)C2=N1. The second-order valence-corrected chi connectivity index (χ2v) is 7.58. The van der Waals surface area contributed by atoms with Gasteiger partial charge >= 0.3 is 11.2 Å². The van der Waals surface area contributed by atoms with E-state index < -0.39 is 6.04 Å². The second-order valence-electron chi connectivity index (χ2n) is 6.52. The number of benzene rings is 1. The van der Waals surface area contributed by atoms with Crippen LogP contribution in [0, 0.1) is 0 Å². The molecule has 1 fully saturated rings. The Kier molecular flexibility index (Phi) is 6.28. The van der Waals surface area contributed by atoms with Crippen molar-refractivity contribution in [2.45, 2.75) is 18.9 Å². The van der Waals surface area contributed by atoms with E-state index in [0.717, 1.165) is 23.8 Å². The van der Waals surface area contributed by atoms with Crippen molar-refractivity contribution in [3.8, 4) is 0 Å². The molecule has 7 nitrogen and oxygen atoms in total. The first-order valence-corrected chi connectivity index (χ1v) is 9.96. The van der Waals surface area contributed by atoms with Crippen LogP contribution < -0.4 is 0 Å². The minimum Gasteiger partial charge on any atom is -0.384 e. The first-order chi connectivity index (χ1) is 13.0. The molecule has 0 radical (unpaired) electrons. The van der Waals surface area contributed by atoms with Crippen LogP contribution in [-0.4, -0.2) is 83.5 Å². The fraction of sp³-hybridized carbons (Fsp3) is 0.474. The van der Waals surface area contributed by atoms with Crippen molar-refractivity contribution in [3.05, 3.63) is 35.9 Å². The van der Waals surface area contributed by atoms with Gasteiger partial charge in [-0.3, -0.25) is 14.6 Å². The average Bonchev–Trinajstić information content (AvgIpc) is 3.04. The van der Waals surface area contributed by atoms with Gasteiger partial charge in [0.15, 0.2) is 0 Å². The van der Waals surface area contributed by atoms with Gasteiger partial charge in [-0.15, -0.1) is 0 Å².